The van der Waals surface area contributed by atoms with Crippen molar-refractivity contribution in [2.75, 3.05) is 27.3 Å². The maximum Gasteiger partial charge on any atom is 0.309 e. The standard InChI is InChI=1S/C12H25NO3/c1-10(9-16-5)13(4)8-6-7-12(2,3)11(14)15/h10H,6-9H2,1-5H3,(H,14,15). The second kappa shape index (κ2) is 6.86. The van der Waals surface area contributed by atoms with E-state index >= 15 is 0 Å². The first kappa shape index (κ1) is 15.4. The van der Waals surface area contributed by atoms with Gasteiger partial charge in [-0.3, -0.25) is 4.79 Å². The Morgan fingerprint density at radius 1 is 1.50 bits per heavy atom. The summed E-state index contributed by atoms with van der Waals surface area (Å²) in [4.78, 5) is 13.1. The minimum Gasteiger partial charge on any atom is -0.481 e. The van der Waals surface area contributed by atoms with E-state index in [2.05, 4.69) is 11.8 Å². The molecule has 1 unspecified atom stereocenters. The predicted molar refractivity (Wildman–Crippen MR) is 64.6 cm³/mol. The number of likely N-dealkylation sites (N-methyl/N-ethyl adjacent to an activating group) is 1. The Balaban J connectivity index is 3.85. The van der Waals surface area contributed by atoms with Gasteiger partial charge in [0.2, 0.25) is 0 Å². The molecule has 0 aromatic heterocycles. The second-order valence-electron chi connectivity index (χ2n) is 5.08. The van der Waals surface area contributed by atoms with E-state index in [-0.39, 0.29) is 0 Å². The molecule has 0 rings (SSSR count). The molecule has 0 bridgehead atoms. The maximum absolute atomic E-state index is 10.9. The Kier molecular flexibility index (Phi) is 6.60. The van der Waals surface area contributed by atoms with Gasteiger partial charge in [-0.05, 0) is 47.2 Å². The molecule has 0 aromatic rings. The fourth-order valence-corrected chi connectivity index (χ4v) is 1.47. The summed E-state index contributed by atoms with van der Waals surface area (Å²) in [7, 11) is 3.73. The summed E-state index contributed by atoms with van der Waals surface area (Å²) in [6, 6.07) is 0.373. The van der Waals surface area contributed by atoms with Crippen LogP contribution in [0, 0.1) is 5.41 Å². The van der Waals surface area contributed by atoms with Gasteiger partial charge >= 0.3 is 5.97 Å². The van der Waals surface area contributed by atoms with Crippen LogP contribution >= 0.6 is 0 Å². The Labute approximate surface area is 98.6 Å². The fourth-order valence-electron chi connectivity index (χ4n) is 1.47. The van der Waals surface area contributed by atoms with Crippen LogP contribution in [0.2, 0.25) is 0 Å². The predicted octanol–water partition coefficient (Wildman–Crippen LogP) is 1.84. The third-order valence-corrected chi connectivity index (χ3v) is 3.05. The highest BCUT2D eigenvalue weighted by atomic mass is 16.5. The average Bonchev–Trinajstić information content (AvgIpc) is 2.17. The molecule has 0 saturated carbocycles. The normalized spacial score (nSPS) is 14.1. The molecule has 1 atom stereocenters. The van der Waals surface area contributed by atoms with Crippen molar-refractivity contribution in [3.05, 3.63) is 0 Å². The number of rotatable bonds is 8. The second-order valence-corrected chi connectivity index (χ2v) is 5.08. The first-order chi connectivity index (χ1) is 7.31. The van der Waals surface area contributed by atoms with Gasteiger partial charge in [0.15, 0.2) is 0 Å². The van der Waals surface area contributed by atoms with Gasteiger partial charge < -0.3 is 14.7 Å². The molecule has 0 spiro atoms. The van der Waals surface area contributed by atoms with Crippen molar-refractivity contribution in [3.63, 3.8) is 0 Å². The molecule has 0 fully saturated rings. The summed E-state index contributed by atoms with van der Waals surface area (Å²) in [6.07, 6.45) is 1.59. The van der Waals surface area contributed by atoms with Gasteiger partial charge in [-0.15, -0.1) is 0 Å². The lowest BCUT2D eigenvalue weighted by Gasteiger charge is -2.26. The molecule has 0 aliphatic heterocycles. The van der Waals surface area contributed by atoms with Crippen molar-refractivity contribution >= 4 is 5.97 Å². The summed E-state index contributed by atoms with van der Waals surface area (Å²) >= 11 is 0. The fraction of sp³-hybridized carbons (Fsp3) is 0.917. The zero-order valence-corrected chi connectivity index (χ0v) is 11.1. The first-order valence-corrected chi connectivity index (χ1v) is 5.74. The van der Waals surface area contributed by atoms with Gasteiger partial charge in [0.05, 0.1) is 12.0 Å². The Bertz CT molecular complexity index is 216. The SMILES string of the molecule is COCC(C)N(C)CCCC(C)(C)C(=O)O. The quantitative estimate of drug-likeness (QED) is 0.692. The van der Waals surface area contributed by atoms with Crippen LogP contribution in [0.15, 0.2) is 0 Å². The number of hydrogen-bond acceptors (Lipinski definition) is 3. The Hall–Kier alpha value is -0.610. The molecule has 0 heterocycles. The van der Waals surface area contributed by atoms with Crippen molar-refractivity contribution in [1.82, 2.24) is 4.90 Å². The lowest BCUT2D eigenvalue weighted by molar-refractivity contribution is -0.147. The summed E-state index contributed by atoms with van der Waals surface area (Å²) < 4.78 is 5.07. The molecule has 0 aliphatic carbocycles. The van der Waals surface area contributed by atoms with Crippen molar-refractivity contribution in [3.8, 4) is 0 Å². The Morgan fingerprint density at radius 2 is 2.06 bits per heavy atom. The number of nitrogens with zero attached hydrogens (tertiary/aromatic N) is 1. The van der Waals surface area contributed by atoms with E-state index in [0.717, 1.165) is 13.0 Å². The van der Waals surface area contributed by atoms with E-state index in [1.54, 1.807) is 21.0 Å². The van der Waals surface area contributed by atoms with Crippen LogP contribution in [-0.2, 0) is 9.53 Å². The average molecular weight is 231 g/mol. The minimum atomic E-state index is -0.722. The lowest BCUT2D eigenvalue weighted by atomic mass is 9.88. The zero-order valence-electron chi connectivity index (χ0n) is 11.1. The van der Waals surface area contributed by atoms with E-state index in [1.165, 1.54) is 0 Å². The topological polar surface area (TPSA) is 49.8 Å². The van der Waals surface area contributed by atoms with E-state index in [1.807, 2.05) is 7.05 Å². The number of carbonyl (C=O) groups is 1. The van der Waals surface area contributed by atoms with Crippen LogP contribution in [0.4, 0.5) is 0 Å². The zero-order chi connectivity index (χ0) is 12.8. The molecule has 4 nitrogen and oxygen atoms in total. The molecular weight excluding hydrogens is 206 g/mol. The van der Waals surface area contributed by atoms with Crippen LogP contribution in [0.5, 0.6) is 0 Å². The number of aliphatic carboxylic acids is 1. The van der Waals surface area contributed by atoms with Gasteiger partial charge in [-0.25, -0.2) is 0 Å². The Morgan fingerprint density at radius 3 is 2.50 bits per heavy atom. The van der Waals surface area contributed by atoms with Crippen LogP contribution in [-0.4, -0.2) is 49.3 Å². The molecule has 0 aliphatic rings. The summed E-state index contributed by atoms with van der Waals surface area (Å²) in [6.45, 7) is 7.26. The van der Waals surface area contributed by atoms with Gasteiger partial charge in [-0.2, -0.15) is 0 Å². The van der Waals surface area contributed by atoms with Crippen LogP contribution < -0.4 is 0 Å². The summed E-state index contributed by atoms with van der Waals surface area (Å²) in [5.41, 5.74) is -0.620. The molecule has 16 heavy (non-hydrogen) atoms. The molecule has 0 aromatic carbocycles. The molecule has 1 N–H and O–H groups in total. The largest absolute Gasteiger partial charge is 0.481 e. The first-order valence-electron chi connectivity index (χ1n) is 5.74. The number of carboxylic acid groups (broad SMARTS) is 1. The minimum absolute atomic E-state index is 0.373. The third-order valence-electron chi connectivity index (χ3n) is 3.05. The van der Waals surface area contributed by atoms with Crippen LogP contribution in [0.3, 0.4) is 0 Å². The maximum atomic E-state index is 10.9. The highest BCUT2D eigenvalue weighted by Gasteiger charge is 2.26. The van der Waals surface area contributed by atoms with E-state index in [4.69, 9.17) is 9.84 Å². The lowest BCUT2D eigenvalue weighted by Crippen LogP contribution is -2.34. The number of methoxy groups -OCH3 is 1. The summed E-state index contributed by atoms with van der Waals surface area (Å²) in [5, 5.41) is 8.97. The van der Waals surface area contributed by atoms with Crippen molar-refractivity contribution in [1.29, 1.82) is 0 Å². The molecule has 0 amide bonds. The highest BCUT2D eigenvalue weighted by Crippen LogP contribution is 2.22. The van der Waals surface area contributed by atoms with Gasteiger partial charge in [0.25, 0.3) is 0 Å². The molecule has 96 valence electrons. The van der Waals surface area contributed by atoms with Crippen molar-refractivity contribution in [2.45, 2.75) is 39.7 Å². The molecule has 0 saturated heterocycles. The van der Waals surface area contributed by atoms with E-state index in [0.29, 0.717) is 19.1 Å². The monoisotopic (exact) mass is 231 g/mol. The van der Waals surface area contributed by atoms with Crippen LogP contribution in [0.1, 0.15) is 33.6 Å². The third kappa shape index (κ3) is 5.47. The molecule has 0 radical (unpaired) electrons. The highest BCUT2D eigenvalue weighted by molar-refractivity contribution is 5.73. The van der Waals surface area contributed by atoms with Gasteiger partial charge in [0, 0.05) is 13.2 Å². The van der Waals surface area contributed by atoms with Crippen molar-refractivity contribution < 1.29 is 14.6 Å². The smallest absolute Gasteiger partial charge is 0.309 e. The summed E-state index contributed by atoms with van der Waals surface area (Å²) in [5.74, 6) is -0.722. The molecule has 4 heteroatoms. The molecular formula is C12H25NO3. The van der Waals surface area contributed by atoms with Crippen LogP contribution in [0.25, 0.3) is 0 Å². The number of hydrogen-bond donors (Lipinski definition) is 1. The number of ether oxygens (including phenoxy) is 1. The van der Waals surface area contributed by atoms with Gasteiger partial charge in [0.1, 0.15) is 0 Å². The van der Waals surface area contributed by atoms with E-state index in [9.17, 15) is 4.79 Å². The number of carboxylic acids is 1. The van der Waals surface area contributed by atoms with Crippen molar-refractivity contribution in [2.24, 2.45) is 5.41 Å². The van der Waals surface area contributed by atoms with Gasteiger partial charge in [-0.1, -0.05) is 0 Å². The van der Waals surface area contributed by atoms with E-state index < -0.39 is 11.4 Å².